The first kappa shape index (κ1) is 32.9. The molecule has 0 atom stereocenters. The van der Waals surface area contributed by atoms with Crippen molar-refractivity contribution in [3.63, 3.8) is 0 Å². The molecule has 1 aliphatic heterocycles. The van der Waals surface area contributed by atoms with Gasteiger partial charge in [-0.1, -0.05) is 72.0 Å². The van der Waals surface area contributed by atoms with Crippen molar-refractivity contribution in [2.45, 2.75) is 13.5 Å². The molecule has 1 saturated heterocycles. The Kier molecular flexibility index (Phi) is 10.9. The monoisotopic (exact) mass is 671 g/mol. The zero-order valence-electron chi connectivity index (χ0n) is 23.2. The molecule has 2 N–H and O–H groups in total. The molecular formula is C30H26ClN3O7S3. The number of hydrogen-bond acceptors (Lipinski definition) is 8. The van der Waals surface area contributed by atoms with Gasteiger partial charge >= 0.3 is 0 Å². The van der Waals surface area contributed by atoms with E-state index >= 15 is 0 Å². The van der Waals surface area contributed by atoms with E-state index in [0.717, 1.165) is 35.5 Å². The van der Waals surface area contributed by atoms with Gasteiger partial charge in [-0.2, -0.15) is 13.5 Å². The number of halogens is 1. The molecule has 0 radical (unpaired) electrons. The van der Waals surface area contributed by atoms with Crippen LogP contribution in [0.3, 0.4) is 0 Å². The number of carboxylic acids is 1. The van der Waals surface area contributed by atoms with Gasteiger partial charge in [0, 0.05) is 41.4 Å². The van der Waals surface area contributed by atoms with Gasteiger partial charge in [0.05, 0.1) is 22.0 Å². The Morgan fingerprint density at radius 3 is 2.34 bits per heavy atom. The average molecular weight is 672 g/mol. The van der Waals surface area contributed by atoms with Crippen molar-refractivity contribution in [2.24, 2.45) is 0 Å². The number of thioether (sulfide) groups is 1. The molecule has 14 heteroatoms. The molecule has 228 valence electrons. The Labute approximate surface area is 268 Å². The summed E-state index contributed by atoms with van der Waals surface area (Å²) in [5.41, 5.74) is 3.82. The lowest BCUT2D eigenvalue weighted by molar-refractivity contribution is -0.134. The zero-order chi connectivity index (χ0) is 31.9. The van der Waals surface area contributed by atoms with Gasteiger partial charge < -0.3 is 9.84 Å². The van der Waals surface area contributed by atoms with E-state index in [9.17, 15) is 13.2 Å². The second-order valence-electron chi connectivity index (χ2n) is 9.26. The van der Waals surface area contributed by atoms with Gasteiger partial charge in [0.1, 0.15) is 16.7 Å². The molecule has 3 aromatic carbocycles. The minimum absolute atomic E-state index is 0.219. The number of thiocarbonyl (C=S) groups is 1. The largest absolute Gasteiger partial charge is 0.489 e. The SMILES string of the molecule is CC(=O)O.O=C1C(=Cc2cn(-c3ccccc3)nc2-c2ccc(OCc3ccccc3Cl)cc2)SC(=S)N1CCS(=O)(=O)O. The number of para-hydroxylation sites is 1. The third-order valence-corrected chi connectivity index (χ3v) is 8.42. The van der Waals surface area contributed by atoms with Crippen molar-refractivity contribution in [1.82, 2.24) is 14.7 Å². The van der Waals surface area contributed by atoms with E-state index in [1.165, 1.54) is 4.90 Å². The van der Waals surface area contributed by atoms with E-state index in [-0.39, 0.29) is 10.9 Å². The van der Waals surface area contributed by atoms with Crippen LogP contribution in [0.2, 0.25) is 5.02 Å². The lowest BCUT2D eigenvalue weighted by Crippen LogP contribution is -2.32. The molecule has 0 unspecified atom stereocenters. The van der Waals surface area contributed by atoms with Crippen LogP contribution in [0, 0.1) is 0 Å². The summed E-state index contributed by atoms with van der Waals surface area (Å²) in [6, 6.07) is 24.5. The molecule has 0 saturated carbocycles. The fourth-order valence-corrected chi connectivity index (χ4v) is 5.86. The molecule has 10 nitrogen and oxygen atoms in total. The highest BCUT2D eigenvalue weighted by Crippen LogP contribution is 2.35. The van der Waals surface area contributed by atoms with Gasteiger partial charge in [0.15, 0.2) is 0 Å². The Bertz CT molecular complexity index is 1810. The highest BCUT2D eigenvalue weighted by molar-refractivity contribution is 8.26. The second kappa shape index (κ2) is 14.6. The summed E-state index contributed by atoms with van der Waals surface area (Å²) in [6.07, 6.45) is 3.51. The normalized spacial score (nSPS) is 14.0. The van der Waals surface area contributed by atoms with Crippen molar-refractivity contribution < 1.29 is 32.4 Å². The predicted molar refractivity (Wildman–Crippen MR) is 174 cm³/mol. The van der Waals surface area contributed by atoms with E-state index in [1.807, 2.05) is 85.1 Å². The number of aliphatic carboxylic acids is 1. The molecule has 1 amide bonds. The molecule has 0 spiro atoms. The number of benzene rings is 3. The summed E-state index contributed by atoms with van der Waals surface area (Å²) < 4.78 is 39.3. The molecule has 44 heavy (non-hydrogen) atoms. The molecule has 2 heterocycles. The first-order valence-corrected chi connectivity index (χ1v) is 16.1. The first-order valence-electron chi connectivity index (χ1n) is 12.9. The van der Waals surface area contributed by atoms with Crippen molar-refractivity contribution in [1.29, 1.82) is 0 Å². The topological polar surface area (TPSA) is 139 Å². The number of carbonyl (C=O) groups is 2. The standard InChI is InChI=1S/C28H22ClN3O5S3.C2H4O2/c29-24-9-5-4-6-20(24)18-37-23-12-10-19(11-13-23)26-21(17-32(30-26)22-7-2-1-3-8-22)16-25-27(33)31(28(38)39-25)14-15-40(34,35)36;1-2(3)4/h1-13,16-17H,14-15,18H2,(H,34,35,36);1H3,(H,3,4). The van der Waals surface area contributed by atoms with E-state index in [2.05, 4.69) is 0 Å². The smallest absolute Gasteiger partial charge is 0.300 e. The Morgan fingerprint density at radius 2 is 1.70 bits per heavy atom. The summed E-state index contributed by atoms with van der Waals surface area (Å²) in [6.45, 7) is 1.18. The third-order valence-electron chi connectivity index (χ3n) is 5.98. The number of nitrogens with zero attached hydrogens (tertiary/aromatic N) is 3. The molecule has 4 aromatic rings. The van der Waals surface area contributed by atoms with Crippen LogP contribution in [0.25, 0.3) is 23.0 Å². The second-order valence-corrected chi connectivity index (χ2v) is 12.9. The average Bonchev–Trinajstić information content (AvgIpc) is 3.51. The van der Waals surface area contributed by atoms with Crippen LogP contribution in [-0.4, -0.2) is 61.3 Å². The number of carboxylic acid groups (broad SMARTS) is 1. The van der Waals surface area contributed by atoms with E-state index in [1.54, 1.807) is 10.8 Å². The van der Waals surface area contributed by atoms with Crippen LogP contribution in [0.1, 0.15) is 18.1 Å². The fourth-order valence-electron chi connectivity index (χ4n) is 3.96. The minimum Gasteiger partial charge on any atom is -0.489 e. The molecule has 0 aliphatic carbocycles. The van der Waals surface area contributed by atoms with Gasteiger partial charge in [-0.05, 0) is 48.5 Å². The maximum absolute atomic E-state index is 13.0. The Balaban J connectivity index is 0.00000104. The van der Waals surface area contributed by atoms with Crippen LogP contribution in [0.15, 0.2) is 90.0 Å². The Morgan fingerprint density at radius 1 is 1.07 bits per heavy atom. The highest BCUT2D eigenvalue weighted by atomic mass is 35.5. The number of carbonyl (C=O) groups excluding carboxylic acids is 1. The molecular weight excluding hydrogens is 646 g/mol. The van der Waals surface area contributed by atoms with Crippen molar-refractivity contribution >= 4 is 68.0 Å². The van der Waals surface area contributed by atoms with Gasteiger partial charge in [-0.3, -0.25) is 19.0 Å². The summed E-state index contributed by atoms with van der Waals surface area (Å²) in [4.78, 5) is 23.5. The molecule has 1 aliphatic rings. The minimum atomic E-state index is -4.24. The quantitative estimate of drug-likeness (QED) is 0.125. The van der Waals surface area contributed by atoms with Gasteiger partial charge in [-0.15, -0.1) is 0 Å². The third kappa shape index (κ3) is 9.00. The highest BCUT2D eigenvalue weighted by Gasteiger charge is 2.33. The first-order chi connectivity index (χ1) is 20.9. The lowest BCUT2D eigenvalue weighted by Gasteiger charge is -2.12. The predicted octanol–water partition coefficient (Wildman–Crippen LogP) is 5.95. The number of aromatic nitrogens is 2. The van der Waals surface area contributed by atoms with Crippen molar-refractivity contribution in [2.75, 3.05) is 12.3 Å². The van der Waals surface area contributed by atoms with E-state index in [0.29, 0.717) is 33.5 Å². The molecule has 5 rings (SSSR count). The van der Waals surface area contributed by atoms with Crippen LogP contribution >= 0.6 is 35.6 Å². The van der Waals surface area contributed by atoms with E-state index < -0.39 is 27.7 Å². The summed E-state index contributed by atoms with van der Waals surface area (Å²) >= 11 is 12.6. The van der Waals surface area contributed by atoms with Crippen LogP contribution in [-0.2, 0) is 26.3 Å². The maximum atomic E-state index is 13.0. The Hall–Kier alpha value is -4.01. The van der Waals surface area contributed by atoms with Crippen LogP contribution < -0.4 is 4.74 Å². The number of rotatable bonds is 9. The van der Waals surface area contributed by atoms with Crippen LogP contribution in [0.4, 0.5) is 0 Å². The number of hydrogen-bond donors (Lipinski definition) is 2. The van der Waals surface area contributed by atoms with Gasteiger partial charge in [-0.25, -0.2) is 4.68 Å². The maximum Gasteiger partial charge on any atom is 0.300 e. The summed E-state index contributed by atoms with van der Waals surface area (Å²) in [5, 5.41) is 12.8. The number of ether oxygens (including phenoxy) is 1. The van der Waals surface area contributed by atoms with Crippen LogP contribution in [0.5, 0.6) is 5.75 Å². The van der Waals surface area contributed by atoms with Crippen molar-refractivity contribution in [3.05, 3.63) is 106 Å². The molecule has 1 fully saturated rings. The zero-order valence-corrected chi connectivity index (χ0v) is 26.4. The molecule has 0 bridgehead atoms. The summed E-state index contributed by atoms with van der Waals surface area (Å²) in [5.74, 6) is -1.21. The summed E-state index contributed by atoms with van der Waals surface area (Å²) in [7, 11) is -4.24. The van der Waals surface area contributed by atoms with Crippen molar-refractivity contribution in [3.8, 4) is 22.7 Å². The van der Waals surface area contributed by atoms with Gasteiger partial charge in [0.25, 0.3) is 22.0 Å². The fraction of sp³-hybridized carbons (Fsp3) is 0.133. The molecule has 1 aromatic heterocycles. The number of amides is 1. The lowest BCUT2D eigenvalue weighted by atomic mass is 10.1. The van der Waals surface area contributed by atoms with Gasteiger partial charge in [0.2, 0.25) is 0 Å². The van der Waals surface area contributed by atoms with E-state index in [4.69, 9.17) is 48.1 Å².